The summed E-state index contributed by atoms with van der Waals surface area (Å²) in [6.45, 7) is 11.4. The number of hydrogen-bond acceptors (Lipinski definition) is 4. The third-order valence-corrected chi connectivity index (χ3v) is 4.19. The zero-order valence-corrected chi connectivity index (χ0v) is 16.3. The zero-order valence-electron chi connectivity index (χ0n) is 16.3. The van der Waals surface area contributed by atoms with Crippen molar-refractivity contribution < 1.29 is 13.9 Å². The Bertz CT molecular complexity index is 696. The van der Waals surface area contributed by atoms with E-state index in [-0.39, 0.29) is 11.9 Å². The normalized spacial score (nSPS) is 15.2. The molecule has 142 valence electrons. The van der Waals surface area contributed by atoms with Crippen LogP contribution < -0.4 is 4.90 Å². The second-order valence-electron chi connectivity index (χ2n) is 8.10. The van der Waals surface area contributed by atoms with Crippen LogP contribution in [0.15, 0.2) is 12.1 Å². The minimum atomic E-state index is -0.542. The minimum Gasteiger partial charge on any atom is -0.444 e. The maximum atomic E-state index is 15.0. The lowest BCUT2D eigenvalue weighted by atomic mass is 9.99. The maximum Gasteiger partial charge on any atom is 0.410 e. The molecule has 2 rings (SSSR count). The number of nitriles is 1. The second kappa shape index (κ2) is 7.94. The molecule has 0 aromatic heterocycles. The molecular weight excluding hydrogens is 333 g/mol. The third kappa shape index (κ3) is 4.87. The summed E-state index contributed by atoms with van der Waals surface area (Å²) >= 11 is 0. The molecule has 1 aromatic rings. The summed E-state index contributed by atoms with van der Waals surface area (Å²) in [5.74, 6) is 0.0118. The van der Waals surface area contributed by atoms with Crippen LogP contribution in [-0.2, 0) is 11.2 Å². The first-order valence-electron chi connectivity index (χ1n) is 9.06. The average Bonchev–Trinajstić information content (AvgIpc) is 2.54. The Balaban J connectivity index is 2.16. The number of rotatable bonds is 3. The van der Waals surface area contributed by atoms with Gasteiger partial charge in [-0.15, -0.1) is 0 Å². The van der Waals surface area contributed by atoms with E-state index in [0.29, 0.717) is 55.3 Å². The Morgan fingerprint density at radius 3 is 2.38 bits per heavy atom. The van der Waals surface area contributed by atoms with Crippen molar-refractivity contribution in [3.8, 4) is 6.07 Å². The van der Waals surface area contributed by atoms with E-state index in [1.54, 1.807) is 17.0 Å². The van der Waals surface area contributed by atoms with E-state index >= 15 is 4.39 Å². The van der Waals surface area contributed by atoms with Gasteiger partial charge in [-0.05, 0) is 44.7 Å². The van der Waals surface area contributed by atoms with Crippen molar-refractivity contribution in [1.82, 2.24) is 4.90 Å². The molecule has 0 bridgehead atoms. The van der Waals surface area contributed by atoms with Crippen LogP contribution in [0.25, 0.3) is 0 Å². The van der Waals surface area contributed by atoms with Gasteiger partial charge in [0, 0.05) is 26.2 Å². The predicted molar refractivity (Wildman–Crippen MR) is 99.7 cm³/mol. The van der Waals surface area contributed by atoms with Gasteiger partial charge < -0.3 is 14.5 Å². The van der Waals surface area contributed by atoms with Crippen LogP contribution in [0.5, 0.6) is 0 Å². The largest absolute Gasteiger partial charge is 0.444 e. The van der Waals surface area contributed by atoms with E-state index in [2.05, 4.69) is 6.07 Å². The monoisotopic (exact) mass is 361 g/mol. The topological polar surface area (TPSA) is 56.6 Å². The van der Waals surface area contributed by atoms with Gasteiger partial charge in [-0.1, -0.05) is 19.9 Å². The molecule has 1 aromatic carbocycles. The highest BCUT2D eigenvalue weighted by atomic mass is 19.1. The fourth-order valence-electron chi connectivity index (χ4n) is 3.04. The van der Waals surface area contributed by atoms with E-state index in [1.807, 2.05) is 39.5 Å². The number of ether oxygens (including phenoxy) is 1. The van der Waals surface area contributed by atoms with E-state index in [9.17, 15) is 10.1 Å². The highest BCUT2D eigenvalue weighted by Crippen LogP contribution is 2.29. The molecule has 6 heteroatoms. The quantitative estimate of drug-likeness (QED) is 0.818. The molecular formula is C20H28FN3O2. The molecule has 0 N–H and O–H groups in total. The number of piperazine rings is 1. The lowest BCUT2D eigenvalue weighted by Gasteiger charge is -2.37. The van der Waals surface area contributed by atoms with Crippen molar-refractivity contribution in [2.24, 2.45) is 5.92 Å². The summed E-state index contributed by atoms with van der Waals surface area (Å²) in [5, 5.41) is 9.39. The van der Waals surface area contributed by atoms with Gasteiger partial charge in [0.1, 0.15) is 11.7 Å². The fourth-order valence-corrected chi connectivity index (χ4v) is 3.04. The summed E-state index contributed by atoms with van der Waals surface area (Å²) < 4.78 is 20.4. The van der Waals surface area contributed by atoms with Crippen LogP contribution in [0.2, 0.25) is 0 Å². The Labute approximate surface area is 155 Å². The van der Waals surface area contributed by atoms with Crippen LogP contribution in [0.4, 0.5) is 14.9 Å². The molecule has 0 aliphatic carbocycles. The van der Waals surface area contributed by atoms with Crippen molar-refractivity contribution in [2.45, 2.75) is 46.6 Å². The van der Waals surface area contributed by atoms with Crippen molar-refractivity contribution >= 4 is 11.8 Å². The van der Waals surface area contributed by atoms with Gasteiger partial charge in [-0.3, -0.25) is 0 Å². The molecule has 5 nitrogen and oxygen atoms in total. The van der Waals surface area contributed by atoms with Gasteiger partial charge in [-0.25, -0.2) is 9.18 Å². The van der Waals surface area contributed by atoms with Crippen molar-refractivity contribution in [2.75, 3.05) is 31.1 Å². The fraction of sp³-hybridized carbons (Fsp3) is 0.600. The molecule has 1 fully saturated rings. The van der Waals surface area contributed by atoms with Crippen molar-refractivity contribution in [3.05, 3.63) is 29.1 Å². The van der Waals surface area contributed by atoms with Crippen molar-refractivity contribution in [1.29, 1.82) is 5.26 Å². The van der Waals surface area contributed by atoms with E-state index in [4.69, 9.17) is 4.74 Å². The third-order valence-electron chi connectivity index (χ3n) is 4.19. The molecule has 0 saturated carbocycles. The minimum absolute atomic E-state index is 0.316. The highest BCUT2D eigenvalue weighted by Gasteiger charge is 2.28. The van der Waals surface area contributed by atoms with Gasteiger partial charge in [0.15, 0.2) is 5.82 Å². The Hall–Kier alpha value is -2.29. The molecule has 1 aliphatic heterocycles. The van der Waals surface area contributed by atoms with E-state index in [0.717, 1.165) is 0 Å². The van der Waals surface area contributed by atoms with Crippen LogP contribution in [0, 0.1) is 23.1 Å². The van der Waals surface area contributed by atoms with Crippen LogP contribution in [0.3, 0.4) is 0 Å². The van der Waals surface area contributed by atoms with Crippen LogP contribution in [-0.4, -0.2) is 42.8 Å². The average molecular weight is 361 g/mol. The van der Waals surface area contributed by atoms with Gasteiger partial charge in [0.05, 0.1) is 11.3 Å². The number of amides is 1. The lowest BCUT2D eigenvalue weighted by Crippen LogP contribution is -2.50. The lowest BCUT2D eigenvalue weighted by molar-refractivity contribution is 0.0240. The van der Waals surface area contributed by atoms with Gasteiger partial charge in [-0.2, -0.15) is 5.26 Å². The first-order valence-corrected chi connectivity index (χ1v) is 9.06. The molecule has 1 heterocycles. The van der Waals surface area contributed by atoms with Gasteiger partial charge in [0.2, 0.25) is 0 Å². The zero-order chi connectivity index (χ0) is 19.5. The van der Waals surface area contributed by atoms with Gasteiger partial charge >= 0.3 is 6.09 Å². The highest BCUT2D eigenvalue weighted by molar-refractivity contribution is 5.69. The Morgan fingerprint density at radius 2 is 1.88 bits per heavy atom. The summed E-state index contributed by atoms with van der Waals surface area (Å²) in [4.78, 5) is 15.7. The molecule has 1 aliphatic rings. The number of anilines is 1. The second-order valence-corrected chi connectivity index (χ2v) is 8.10. The number of nitrogens with zero attached hydrogens (tertiary/aromatic N) is 3. The number of hydrogen-bond donors (Lipinski definition) is 0. The van der Waals surface area contributed by atoms with Gasteiger partial charge in [0.25, 0.3) is 0 Å². The van der Waals surface area contributed by atoms with Crippen LogP contribution >= 0.6 is 0 Å². The summed E-state index contributed by atoms with van der Waals surface area (Å²) in [6.07, 6.45) is 0.272. The predicted octanol–water partition coefficient (Wildman–Crippen LogP) is 3.95. The summed E-state index contributed by atoms with van der Waals surface area (Å²) in [7, 11) is 0. The number of carbonyl (C=O) groups excluding carboxylic acids is 1. The molecule has 0 radical (unpaired) electrons. The molecule has 26 heavy (non-hydrogen) atoms. The summed E-state index contributed by atoms with van der Waals surface area (Å²) in [5.41, 5.74) is 0.776. The standard InChI is InChI=1S/C20H28FN3O2/c1-14(2)12-15-6-7-16(13-22)18(17(15)21)23-8-10-24(11-9-23)19(25)26-20(3,4)5/h6-7,14H,8-12H2,1-5H3. The number of benzene rings is 1. The Kier molecular flexibility index (Phi) is 6.12. The number of carbonyl (C=O) groups is 1. The van der Waals surface area contributed by atoms with Crippen LogP contribution in [0.1, 0.15) is 45.7 Å². The molecule has 0 unspecified atom stereocenters. The first kappa shape index (κ1) is 20.0. The smallest absolute Gasteiger partial charge is 0.410 e. The SMILES string of the molecule is CC(C)Cc1ccc(C#N)c(N2CCN(C(=O)OC(C)(C)C)CC2)c1F. The Morgan fingerprint density at radius 1 is 1.27 bits per heavy atom. The van der Waals surface area contributed by atoms with Crippen molar-refractivity contribution in [3.63, 3.8) is 0 Å². The molecule has 1 saturated heterocycles. The van der Waals surface area contributed by atoms with E-state index < -0.39 is 5.60 Å². The molecule has 0 atom stereocenters. The van der Waals surface area contributed by atoms with E-state index in [1.165, 1.54) is 0 Å². The summed E-state index contributed by atoms with van der Waals surface area (Å²) in [6, 6.07) is 5.49. The maximum absolute atomic E-state index is 15.0. The molecule has 0 spiro atoms. The first-order chi connectivity index (χ1) is 12.1. The molecule has 1 amide bonds. The number of halogens is 1.